The first-order valence-electron chi connectivity index (χ1n) is 13.3. The van der Waals surface area contributed by atoms with Gasteiger partial charge in [0.1, 0.15) is 12.3 Å². The average molecular weight is 541 g/mol. The van der Waals surface area contributed by atoms with E-state index in [4.69, 9.17) is 19.0 Å². The predicted octanol–water partition coefficient (Wildman–Crippen LogP) is 6.88. The van der Waals surface area contributed by atoms with Crippen LogP contribution in [0.2, 0.25) is 0 Å². The lowest BCUT2D eigenvalue weighted by atomic mass is 9.86. The number of oxime groups is 1. The van der Waals surface area contributed by atoms with Gasteiger partial charge in [-0.15, -0.1) is 0 Å². The first-order valence-corrected chi connectivity index (χ1v) is 13.3. The van der Waals surface area contributed by atoms with Crippen molar-refractivity contribution in [3.05, 3.63) is 107 Å². The Kier molecular flexibility index (Phi) is 9.27. The summed E-state index contributed by atoms with van der Waals surface area (Å²) in [4.78, 5) is 21.8. The van der Waals surface area contributed by atoms with Crippen LogP contribution in [-0.2, 0) is 11.4 Å². The molecule has 0 unspecified atom stereocenters. The molecule has 0 saturated carbocycles. The molecule has 0 fully saturated rings. The van der Waals surface area contributed by atoms with Crippen molar-refractivity contribution in [2.24, 2.45) is 5.16 Å². The lowest BCUT2D eigenvalue weighted by molar-refractivity contribution is 0.100. The Morgan fingerprint density at radius 1 is 0.900 bits per heavy atom. The maximum atomic E-state index is 14.0. The van der Waals surface area contributed by atoms with E-state index < -0.39 is 0 Å². The molecule has 0 radical (unpaired) electrons. The van der Waals surface area contributed by atoms with E-state index in [1.807, 2.05) is 78.6 Å². The Morgan fingerprint density at radius 2 is 1.52 bits per heavy atom. The zero-order chi connectivity index (χ0) is 28.6. The number of allylic oxidation sites excluding steroid dienone is 2. The van der Waals surface area contributed by atoms with Crippen molar-refractivity contribution >= 4 is 17.2 Å². The quantitative estimate of drug-likeness (QED) is 0.233. The average Bonchev–Trinajstić information content (AvgIpc) is 2.99. The molecular weight excluding hydrogens is 504 g/mol. The number of benzene rings is 3. The van der Waals surface area contributed by atoms with Crippen LogP contribution in [0.3, 0.4) is 0 Å². The SMILES string of the molecule is C=C(c1cc(OC)c(OC)c(OC)c1)N(CCCC)C1=C(C)/C(=N/OCc2ccccc2)c2ccccc2C1=O. The van der Waals surface area contributed by atoms with Gasteiger partial charge in [0.2, 0.25) is 11.5 Å². The highest BCUT2D eigenvalue weighted by Crippen LogP contribution is 2.41. The number of nitrogens with zero attached hydrogens (tertiary/aromatic N) is 2. The summed E-state index contributed by atoms with van der Waals surface area (Å²) in [7, 11) is 4.71. The van der Waals surface area contributed by atoms with Crippen molar-refractivity contribution in [3.63, 3.8) is 0 Å². The van der Waals surface area contributed by atoms with E-state index in [9.17, 15) is 4.79 Å². The highest BCUT2D eigenvalue weighted by atomic mass is 16.6. The summed E-state index contributed by atoms with van der Waals surface area (Å²) in [5.41, 5.74) is 5.58. The molecule has 0 atom stereocenters. The molecule has 4 rings (SSSR count). The molecule has 7 heteroatoms. The van der Waals surface area contributed by atoms with Gasteiger partial charge in [-0.25, -0.2) is 0 Å². The van der Waals surface area contributed by atoms with Crippen molar-refractivity contribution in [1.29, 1.82) is 0 Å². The number of methoxy groups -OCH3 is 3. The second-order valence-corrected chi connectivity index (χ2v) is 9.41. The van der Waals surface area contributed by atoms with Crippen molar-refractivity contribution in [2.45, 2.75) is 33.3 Å². The first kappa shape index (κ1) is 28.5. The summed E-state index contributed by atoms with van der Waals surface area (Å²) in [6.45, 7) is 9.36. The summed E-state index contributed by atoms with van der Waals surface area (Å²) in [6.07, 6.45) is 1.80. The molecule has 40 heavy (non-hydrogen) atoms. The van der Waals surface area contributed by atoms with Gasteiger partial charge in [0.25, 0.3) is 0 Å². The second kappa shape index (κ2) is 13.0. The lowest BCUT2D eigenvalue weighted by Gasteiger charge is -2.33. The second-order valence-electron chi connectivity index (χ2n) is 9.41. The molecular formula is C33H36N2O5. The van der Waals surface area contributed by atoms with E-state index in [0.29, 0.717) is 53.1 Å². The van der Waals surface area contributed by atoms with E-state index in [1.165, 1.54) is 0 Å². The monoisotopic (exact) mass is 540 g/mol. The van der Waals surface area contributed by atoms with Crippen LogP contribution in [0.15, 0.2) is 89.7 Å². The van der Waals surface area contributed by atoms with E-state index >= 15 is 0 Å². The highest BCUT2D eigenvalue weighted by Gasteiger charge is 2.33. The molecule has 0 heterocycles. The highest BCUT2D eigenvalue weighted by molar-refractivity contribution is 6.28. The summed E-state index contributed by atoms with van der Waals surface area (Å²) < 4.78 is 16.7. The molecule has 0 spiro atoms. The normalized spacial score (nSPS) is 13.6. The fourth-order valence-corrected chi connectivity index (χ4v) is 4.79. The van der Waals surface area contributed by atoms with Crippen molar-refractivity contribution in [3.8, 4) is 17.2 Å². The predicted molar refractivity (Wildman–Crippen MR) is 158 cm³/mol. The van der Waals surface area contributed by atoms with Gasteiger partial charge in [0.05, 0.1) is 27.0 Å². The number of hydrogen-bond donors (Lipinski definition) is 0. The molecule has 0 aromatic heterocycles. The number of carbonyl (C=O) groups excluding carboxylic acids is 1. The minimum absolute atomic E-state index is 0.0835. The maximum absolute atomic E-state index is 14.0. The number of unbranched alkanes of at least 4 members (excludes halogenated alkanes) is 1. The summed E-state index contributed by atoms with van der Waals surface area (Å²) in [5.74, 6) is 1.43. The lowest BCUT2D eigenvalue weighted by Crippen LogP contribution is -2.33. The Labute approximate surface area is 236 Å². The topological polar surface area (TPSA) is 69.6 Å². The third-order valence-electron chi connectivity index (χ3n) is 6.91. The molecule has 1 aliphatic rings. The van der Waals surface area contributed by atoms with Gasteiger partial charge < -0.3 is 23.9 Å². The van der Waals surface area contributed by atoms with Crippen LogP contribution >= 0.6 is 0 Å². The molecule has 7 nitrogen and oxygen atoms in total. The number of hydrogen-bond acceptors (Lipinski definition) is 7. The number of ketones is 1. The first-order chi connectivity index (χ1) is 19.4. The molecule has 3 aromatic rings. The number of Topliss-reactive ketones (excluding diaryl/α,β-unsaturated/α-hetero) is 1. The van der Waals surface area contributed by atoms with Crippen LogP contribution < -0.4 is 14.2 Å². The Hall–Kier alpha value is -4.52. The van der Waals surface area contributed by atoms with Gasteiger partial charge in [-0.05, 0) is 31.0 Å². The summed E-state index contributed by atoms with van der Waals surface area (Å²) in [5, 5.41) is 4.55. The molecule has 0 saturated heterocycles. The molecule has 0 N–H and O–H groups in total. The largest absolute Gasteiger partial charge is 0.493 e. The van der Waals surface area contributed by atoms with Crippen molar-refractivity contribution in [1.82, 2.24) is 4.90 Å². The van der Waals surface area contributed by atoms with E-state index in [1.54, 1.807) is 21.3 Å². The minimum Gasteiger partial charge on any atom is -0.493 e. The van der Waals surface area contributed by atoms with Gasteiger partial charge in [0, 0.05) is 34.5 Å². The number of carbonyl (C=O) groups is 1. The Balaban J connectivity index is 1.81. The van der Waals surface area contributed by atoms with Gasteiger partial charge in [-0.2, -0.15) is 0 Å². The molecule has 3 aromatic carbocycles. The maximum Gasteiger partial charge on any atom is 0.210 e. The van der Waals surface area contributed by atoms with Gasteiger partial charge in [-0.3, -0.25) is 4.79 Å². The van der Waals surface area contributed by atoms with Crippen molar-refractivity contribution < 1.29 is 23.8 Å². The van der Waals surface area contributed by atoms with Crippen LogP contribution in [0.4, 0.5) is 0 Å². The van der Waals surface area contributed by atoms with Crippen LogP contribution in [0.1, 0.15) is 53.7 Å². The number of rotatable bonds is 12. The number of ether oxygens (including phenoxy) is 3. The van der Waals surface area contributed by atoms with E-state index in [2.05, 4.69) is 18.7 Å². The standard InChI is InChI=1S/C33H36N2O5/c1-7-8-18-35(23(3)25-19-28(37-4)33(39-6)29(20-25)38-5)31-22(2)30(26-16-12-13-17-27(26)32(31)36)34-40-21-24-14-10-9-11-15-24/h9-17,19-20H,3,7-8,18,21H2,1-2,4-6H3/b34-30-. The molecule has 0 amide bonds. The zero-order valence-electron chi connectivity index (χ0n) is 23.8. The molecule has 1 aliphatic carbocycles. The molecule has 0 bridgehead atoms. The Morgan fingerprint density at radius 3 is 2.12 bits per heavy atom. The van der Waals surface area contributed by atoms with Gasteiger partial charge >= 0.3 is 0 Å². The fraction of sp³-hybridized carbons (Fsp3) is 0.273. The minimum atomic E-state index is -0.0835. The third kappa shape index (κ3) is 5.73. The van der Waals surface area contributed by atoms with Crippen molar-refractivity contribution in [2.75, 3.05) is 27.9 Å². The molecule has 0 aliphatic heterocycles. The van der Waals surface area contributed by atoms with Crippen LogP contribution in [-0.4, -0.2) is 44.3 Å². The summed E-state index contributed by atoms with van der Waals surface area (Å²) >= 11 is 0. The van der Waals surface area contributed by atoms with Crippen LogP contribution in [0.25, 0.3) is 5.70 Å². The summed E-state index contributed by atoms with van der Waals surface area (Å²) in [6, 6.07) is 21.1. The number of fused-ring (bicyclic) bond motifs is 1. The van der Waals surface area contributed by atoms with E-state index in [0.717, 1.165) is 35.1 Å². The smallest absolute Gasteiger partial charge is 0.210 e. The zero-order valence-corrected chi connectivity index (χ0v) is 23.8. The van der Waals surface area contributed by atoms with Crippen LogP contribution in [0.5, 0.6) is 17.2 Å². The van der Waals surface area contributed by atoms with E-state index in [-0.39, 0.29) is 5.78 Å². The third-order valence-corrected chi connectivity index (χ3v) is 6.91. The fourth-order valence-electron chi connectivity index (χ4n) is 4.79. The molecule has 208 valence electrons. The van der Waals surface area contributed by atoms with Gasteiger partial charge in [-0.1, -0.05) is 79.7 Å². The van der Waals surface area contributed by atoms with Gasteiger partial charge in [0.15, 0.2) is 11.5 Å². The van der Waals surface area contributed by atoms with Crippen LogP contribution in [0, 0.1) is 0 Å². The Bertz CT molecular complexity index is 1420.